The second kappa shape index (κ2) is 6.95. The zero-order valence-corrected chi connectivity index (χ0v) is 13.7. The number of carbonyl (C=O) groups excluding carboxylic acids is 2. The second-order valence-electron chi connectivity index (χ2n) is 6.88. The summed E-state index contributed by atoms with van der Waals surface area (Å²) in [5.74, 6) is 0.235. The van der Waals surface area contributed by atoms with E-state index in [-0.39, 0.29) is 5.97 Å². The fourth-order valence-electron chi connectivity index (χ4n) is 2.71. The Morgan fingerprint density at radius 2 is 1.82 bits per heavy atom. The third-order valence-corrected chi connectivity index (χ3v) is 3.91. The van der Waals surface area contributed by atoms with E-state index in [9.17, 15) is 9.59 Å². The van der Waals surface area contributed by atoms with E-state index in [1.807, 2.05) is 45.0 Å². The topological polar surface area (TPSA) is 46.6 Å². The third kappa shape index (κ3) is 4.58. The standard InChI is InChI=1S/C18H25NO3/c1-18(2,3)22-17(21)15-4-6-16(7-5-15)19-11-8-14(9-12-19)10-13-20/h4-7,13-14H,8-12H2,1-3H3. The maximum absolute atomic E-state index is 12.0. The molecule has 1 aliphatic heterocycles. The van der Waals surface area contributed by atoms with E-state index in [2.05, 4.69) is 4.90 Å². The van der Waals surface area contributed by atoms with Crippen LogP contribution in [0.15, 0.2) is 24.3 Å². The average molecular weight is 303 g/mol. The summed E-state index contributed by atoms with van der Waals surface area (Å²) in [6.07, 6.45) is 3.79. The number of hydrogen-bond acceptors (Lipinski definition) is 4. The van der Waals surface area contributed by atoms with Crippen LogP contribution in [0.3, 0.4) is 0 Å². The van der Waals surface area contributed by atoms with E-state index in [1.165, 1.54) is 0 Å². The van der Waals surface area contributed by atoms with Crippen LogP contribution in [0.2, 0.25) is 0 Å². The number of rotatable bonds is 4. The van der Waals surface area contributed by atoms with Gasteiger partial charge in [-0.2, -0.15) is 0 Å². The molecule has 0 bridgehead atoms. The first-order valence-corrected chi connectivity index (χ1v) is 7.91. The highest BCUT2D eigenvalue weighted by atomic mass is 16.6. The molecular formula is C18H25NO3. The van der Waals surface area contributed by atoms with Gasteiger partial charge in [0, 0.05) is 25.2 Å². The van der Waals surface area contributed by atoms with E-state index in [0.717, 1.165) is 37.9 Å². The molecule has 1 aromatic rings. The molecule has 1 heterocycles. The van der Waals surface area contributed by atoms with Gasteiger partial charge in [0.1, 0.15) is 11.9 Å². The van der Waals surface area contributed by atoms with Crippen molar-refractivity contribution < 1.29 is 14.3 Å². The van der Waals surface area contributed by atoms with Crippen LogP contribution in [0.1, 0.15) is 50.4 Å². The first-order chi connectivity index (χ1) is 10.4. The molecule has 4 heteroatoms. The zero-order chi connectivity index (χ0) is 16.2. The SMILES string of the molecule is CC(C)(C)OC(=O)c1ccc(N2CCC(CC=O)CC2)cc1. The lowest BCUT2D eigenvalue weighted by molar-refractivity contribution is -0.108. The Hall–Kier alpha value is -1.84. The number of hydrogen-bond donors (Lipinski definition) is 0. The van der Waals surface area contributed by atoms with Gasteiger partial charge >= 0.3 is 5.97 Å². The predicted octanol–water partition coefficient (Wildman–Crippen LogP) is 3.45. The number of benzene rings is 1. The van der Waals surface area contributed by atoms with E-state index >= 15 is 0 Å². The van der Waals surface area contributed by atoms with Crippen molar-refractivity contribution in [2.75, 3.05) is 18.0 Å². The van der Waals surface area contributed by atoms with Crippen LogP contribution >= 0.6 is 0 Å². The maximum atomic E-state index is 12.0. The smallest absolute Gasteiger partial charge is 0.338 e. The predicted molar refractivity (Wildman–Crippen MR) is 87.2 cm³/mol. The van der Waals surface area contributed by atoms with E-state index in [4.69, 9.17) is 4.74 Å². The third-order valence-electron chi connectivity index (χ3n) is 3.91. The summed E-state index contributed by atoms with van der Waals surface area (Å²) in [7, 11) is 0. The monoisotopic (exact) mass is 303 g/mol. The number of carbonyl (C=O) groups is 2. The number of esters is 1. The van der Waals surface area contributed by atoms with Crippen LogP contribution < -0.4 is 4.90 Å². The molecule has 120 valence electrons. The van der Waals surface area contributed by atoms with E-state index in [1.54, 1.807) is 0 Å². The van der Waals surface area contributed by atoms with Crippen molar-refractivity contribution in [3.8, 4) is 0 Å². The fourth-order valence-corrected chi connectivity index (χ4v) is 2.71. The molecule has 0 radical (unpaired) electrons. The van der Waals surface area contributed by atoms with Crippen molar-refractivity contribution >= 4 is 17.9 Å². The molecule has 0 atom stereocenters. The van der Waals surface area contributed by atoms with Crippen LogP contribution in [0.5, 0.6) is 0 Å². The molecule has 0 amide bonds. The van der Waals surface area contributed by atoms with Crippen molar-refractivity contribution in [3.05, 3.63) is 29.8 Å². The Bertz CT molecular complexity index is 508. The Labute approximate surface area is 132 Å². The molecule has 0 unspecified atom stereocenters. The van der Waals surface area contributed by atoms with Crippen LogP contribution in [-0.2, 0) is 9.53 Å². The Morgan fingerprint density at radius 1 is 1.23 bits per heavy atom. The summed E-state index contributed by atoms with van der Waals surface area (Å²) in [5, 5.41) is 0. The lowest BCUT2D eigenvalue weighted by atomic mass is 9.94. The molecule has 0 aliphatic carbocycles. The minimum Gasteiger partial charge on any atom is -0.456 e. The van der Waals surface area contributed by atoms with Crippen molar-refractivity contribution in [1.29, 1.82) is 0 Å². The van der Waals surface area contributed by atoms with Crippen molar-refractivity contribution in [2.24, 2.45) is 5.92 Å². The first kappa shape index (κ1) is 16.5. The molecule has 2 rings (SSSR count). The molecule has 0 saturated carbocycles. The molecule has 0 spiro atoms. The maximum Gasteiger partial charge on any atom is 0.338 e. The first-order valence-electron chi connectivity index (χ1n) is 7.91. The second-order valence-corrected chi connectivity index (χ2v) is 6.88. The van der Waals surface area contributed by atoms with Crippen molar-refractivity contribution in [1.82, 2.24) is 0 Å². The lowest BCUT2D eigenvalue weighted by Crippen LogP contribution is -2.33. The molecule has 0 N–H and O–H groups in total. The molecule has 1 aromatic carbocycles. The number of anilines is 1. The Morgan fingerprint density at radius 3 is 2.32 bits per heavy atom. The minimum atomic E-state index is -0.476. The summed E-state index contributed by atoms with van der Waals surface area (Å²) < 4.78 is 5.36. The highest BCUT2D eigenvalue weighted by Crippen LogP contribution is 2.25. The highest BCUT2D eigenvalue weighted by molar-refractivity contribution is 5.90. The van der Waals surface area contributed by atoms with Gasteiger partial charge < -0.3 is 14.4 Å². The number of aldehydes is 1. The van der Waals surface area contributed by atoms with Crippen molar-refractivity contribution in [2.45, 2.75) is 45.6 Å². The molecule has 4 nitrogen and oxygen atoms in total. The van der Waals surface area contributed by atoms with Crippen LogP contribution in [0.25, 0.3) is 0 Å². The van der Waals surface area contributed by atoms with Gasteiger partial charge in [-0.15, -0.1) is 0 Å². The van der Waals surface area contributed by atoms with Crippen LogP contribution in [0, 0.1) is 5.92 Å². The minimum absolute atomic E-state index is 0.288. The Balaban J connectivity index is 1.95. The van der Waals surface area contributed by atoms with Gasteiger partial charge in [-0.1, -0.05) is 0 Å². The van der Waals surface area contributed by atoms with Gasteiger partial charge in [-0.3, -0.25) is 0 Å². The highest BCUT2D eigenvalue weighted by Gasteiger charge is 2.20. The summed E-state index contributed by atoms with van der Waals surface area (Å²) in [6, 6.07) is 7.58. The number of nitrogens with zero attached hydrogens (tertiary/aromatic N) is 1. The lowest BCUT2D eigenvalue weighted by Gasteiger charge is -2.33. The molecule has 1 aliphatic rings. The number of piperidine rings is 1. The van der Waals surface area contributed by atoms with Gasteiger partial charge in [0.15, 0.2) is 0 Å². The van der Waals surface area contributed by atoms with Gasteiger partial charge in [-0.25, -0.2) is 4.79 Å². The van der Waals surface area contributed by atoms with Gasteiger partial charge in [0.2, 0.25) is 0 Å². The van der Waals surface area contributed by atoms with Crippen LogP contribution in [-0.4, -0.2) is 30.9 Å². The largest absolute Gasteiger partial charge is 0.456 e. The summed E-state index contributed by atoms with van der Waals surface area (Å²) >= 11 is 0. The van der Waals surface area contributed by atoms with E-state index < -0.39 is 5.60 Å². The fraction of sp³-hybridized carbons (Fsp3) is 0.556. The Kier molecular flexibility index (Phi) is 5.22. The van der Waals surface area contributed by atoms with Crippen molar-refractivity contribution in [3.63, 3.8) is 0 Å². The molecular weight excluding hydrogens is 278 g/mol. The number of ether oxygens (including phenoxy) is 1. The molecule has 22 heavy (non-hydrogen) atoms. The molecule has 0 aromatic heterocycles. The van der Waals surface area contributed by atoms with Gasteiger partial charge in [0.25, 0.3) is 0 Å². The quantitative estimate of drug-likeness (QED) is 0.631. The normalized spacial score (nSPS) is 16.4. The van der Waals surface area contributed by atoms with Crippen LogP contribution in [0.4, 0.5) is 5.69 Å². The molecule has 1 fully saturated rings. The van der Waals surface area contributed by atoms with Gasteiger partial charge in [0.05, 0.1) is 5.56 Å². The summed E-state index contributed by atoms with van der Waals surface area (Å²) in [4.78, 5) is 24.9. The van der Waals surface area contributed by atoms with E-state index in [0.29, 0.717) is 17.9 Å². The zero-order valence-electron chi connectivity index (χ0n) is 13.7. The summed E-state index contributed by atoms with van der Waals surface area (Å²) in [6.45, 7) is 7.52. The molecule has 1 saturated heterocycles. The summed E-state index contributed by atoms with van der Waals surface area (Å²) in [5.41, 5.74) is 1.22. The van der Waals surface area contributed by atoms with Gasteiger partial charge in [-0.05, 0) is 63.8 Å². The average Bonchev–Trinajstić information content (AvgIpc) is 2.47.